The molecule has 0 aliphatic rings. The molecule has 120 valence electrons. The lowest BCUT2D eigenvalue weighted by molar-refractivity contribution is -0.119. The molecule has 0 spiro atoms. The zero-order chi connectivity index (χ0) is 16.8. The average molecular weight is 321 g/mol. The van der Waals surface area contributed by atoms with E-state index in [1.54, 1.807) is 0 Å². The quantitative estimate of drug-likeness (QED) is 0.505. The highest BCUT2D eigenvalue weighted by molar-refractivity contribution is 5.84. The highest BCUT2D eigenvalue weighted by Gasteiger charge is 2.09. The van der Waals surface area contributed by atoms with E-state index in [9.17, 15) is 18.0 Å². The molecular formula is C16H14F3N3O. The fourth-order valence-electron chi connectivity index (χ4n) is 1.72. The summed E-state index contributed by atoms with van der Waals surface area (Å²) in [7, 11) is 0. The first-order chi connectivity index (χ1) is 11.0. The first-order valence-electron chi connectivity index (χ1n) is 6.72. The van der Waals surface area contributed by atoms with Crippen LogP contribution in [0.5, 0.6) is 0 Å². The SMILES string of the molecule is Cc1ccc(NCC(=O)N/N=C/c2cc(F)c(F)c(F)c2)cc1. The normalized spacial score (nSPS) is 10.8. The monoisotopic (exact) mass is 321 g/mol. The zero-order valence-corrected chi connectivity index (χ0v) is 12.2. The van der Waals surface area contributed by atoms with Crippen molar-refractivity contribution in [1.82, 2.24) is 5.43 Å². The molecule has 0 atom stereocenters. The number of halogens is 3. The number of hydrazone groups is 1. The molecule has 2 rings (SSSR count). The van der Waals surface area contributed by atoms with Gasteiger partial charge in [0.25, 0.3) is 5.91 Å². The van der Waals surface area contributed by atoms with E-state index in [0.29, 0.717) is 0 Å². The maximum absolute atomic E-state index is 13.0. The second kappa shape index (κ2) is 7.44. The van der Waals surface area contributed by atoms with Crippen LogP contribution in [-0.2, 0) is 4.79 Å². The average Bonchev–Trinajstić information content (AvgIpc) is 2.52. The molecule has 1 amide bonds. The van der Waals surface area contributed by atoms with Crippen LogP contribution < -0.4 is 10.7 Å². The molecule has 0 fully saturated rings. The van der Waals surface area contributed by atoms with Crippen molar-refractivity contribution < 1.29 is 18.0 Å². The van der Waals surface area contributed by atoms with E-state index in [1.807, 2.05) is 31.2 Å². The minimum atomic E-state index is -1.55. The van der Waals surface area contributed by atoms with Gasteiger partial charge in [-0.15, -0.1) is 0 Å². The lowest BCUT2D eigenvalue weighted by Crippen LogP contribution is -2.25. The Bertz CT molecular complexity index is 707. The third-order valence-electron chi connectivity index (χ3n) is 2.91. The molecule has 0 aromatic heterocycles. The van der Waals surface area contributed by atoms with Crippen molar-refractivity contribution in [3.05, 3.63) is 65.0 Å². The van der Waals surface area contributed by atoms with Crippen molar-refractivity contribution in [2.24, 2.45) is 5.10 Å². The standard InChI is InChI=1S/C16H14F3N3O/c1-10-2-4-12(5-3-10)20-9-15(23)22-21-8-11-6-13(17)16(19)14(18)7-11/h2-8,20H,9H2,1H3,(H,22,23)/b21-8+. The van der Waals surface area contributed by atoms with Gasteiger partial charge in [0, 0.05) is 11.3 Å². The van der Waals surface area contributed by atoms with Gasteiger partial charge in [-0.25, -0.2) is 18.6 Å². The lowest BCUT2D eigenvalue weighted by atomic mass is 10.2. The number of hydrogen-bond donors (Lipinski definition) is 2. The fraction of sp³-hybridized carbons (Fsp3) is 0.125. The minimum absolute atomic E-state index is 0.00630. The summed E-state index contributed by atoms with van der Waals surface area (Å²) in [4.78, 5) is 11.6. The van der Waals surface area contributed by atoms with Crippen LogP contribution >= 0.6 is 0 Å². The Morgan fingerprint density at radius 2 is 1.74 bits per heavy atom. The molecule has 0 unspecified atom stereocenters. The van der Waals surface area contributed by atoms with Crippen molar-refractivity contribution in [2.75, 3.05) is 11.9 Å². The molecule has 0 aliphatic carbocycles. The van der Waals surface area contributed by atoms with Crippen LogP contribution in [-0.4, -0.2) is 18.7 Å². The first kappa shape index (κ1) is 16.5. The Morgan fingerprint density at radius 3 is 2.35 bits per heavy atom. The molecule has 7 heteroatoms. The van der Waals surface area contributed by atoms with Crippen LogP contribution in [0.3, 0.4) is 0 Å². The molecule has 0 aliphatic heterocycles. The van der Waals surface area contributed by atoms with E-state index in [4.69, 9.17) is 0 Å². The highest BCUT2D eigenvalue weighted by Crippen LogP contribution is 2.12. The van der Waals surface area contributed by atoms with Crippen molar-refractivity contribution in [2.45, 2.75) is 6.92 Å². The largest absolute Gasteiger partial charge is 0.376 e. The maximum Gasteiger partial charge on any atom is 0.259 e. The molecule has 0 radical (unpaired) electrons. The van der Waals surface area contributed by atoms with Crippen LogP contribution in [0.4, 0.5) is 18.9 Å². The van der Waals surface area contributed by atoms with E-state index >= 15 is 0 Å². The Kier molecular flexibility index (Phi) is 5.35. The Labute approximate surface area is 131 Å². The van der Waals surface area contributed by atoms with Gasteiger partial charge in [0.15, 0.2) is 17.5 Å². The molecule has 0 saturated heterocycles. The summed E-state index contributed by atoms with van der Waals surface area (Å²) >= 11 is 0. The molecule has 23 heavy (non-hydrogen) atoms. The highest BCUT2D eigenvalue weighted by atomic mass is 19.2. The Morgan fingerprint density at radius 1 is 1.13 bits per heavy atom. The minimum Gasteiger partial charge on any atom is -0.376 e. The van der Waals surface area contributed by atoms with E-state index in [2.05, 4.69) is 15.8 Å². The van der Waals surface area contributed by atoms with Gasteiger partial charge in [0.05, 0.1) is 12.8 Å². The molecule has 0 saturated carbocycles. The summed E-state index contributed by atoms with van der Waals surface area (Å²) in [6, 6.07) is 9.01. The van der Waals surface area contributed by atoms with Crippen molar-refractivity contribution >= 4 is 17.8 Å². The Balaban J connectivity index is 1.85. The van der Waals surface area contributed by atoms with Crippen LogP contribution in [0, 0.1) is 24.4 Å². The topological polar surface area (TPSA) is 53.5 Å². The van der Waals surface area contributed by atoms with Crippen LogP contribution in [0.1, 0.15) is 11.1 Å². The molecule has 2 aromatic carbocycles. The molecular weight excluding hydrogens is 307 g/mol. The summed E-state index contributed by atoms with van der Waals surface area (Å²) in [5, 5.41) is 6.45. The second-order valence-electron chi connectivity index (χ2n) is 4.81. The number of anilines is 1. The number of rotatable bonds is 5. The van der Waals surface area contributed by atoms with Gasteiger partial charge in [-0.05, 0) is 31.2 Å². The maximum atomic E-state index is 13.0. The number of carbonyl (C=O) groups is 1. The summed E-state index contributed by atoms with van der Waals surface area (Å²) in [6.07, 6.45) is 1.02. The van der Waals surface area contributed by atoms with E-state index in [1.165, 1.54) is 0 Å². The summed E-state index contributed by atoms with van der Waals surface area (Å²) < 4.78 is 38.8. The molecule has 0 heterocycles. The number of hydrogen-bond acceptors (Lipinski definition) is 3. The second-order valence-corrected chi connectivity index (χ2v) is 4.81. The van der Waals surface area contributed by atoms with Gasteiger partial charge >= 0.3 is 0 Å². The van der Waals surface area contributed by atoms with Gasteiger partial charge < -0.3 is 5.32 Å². The van der Waals surface area contributed by atoms with Crippen LogP contribution in [0.2, 0.25) is 0 Å². The van der Waals surface area contributed by atoms with Crippen LogP contribution in [0.15, 0.2) is 41.5 Å². The summed E-state index contributed by atoms with van der Waals surface area (Å²) in [5.41, 5.74) is 4.07. The smallest absolute Gasteiger partial charge is 0.259 e. The van der Waals surface area contributed by atoms with E-state index < -0.39 is 23.4 Å². The predicted octanol–water partition coefficient (Wildman–Crippen LogP) is 2.97. The molecule has 2 N–H and O–H groups in total. The Hall–Kier alpha value is -2.83. The lowest BCUT2D eigenvalue weighted by Gasteiger charge is -2.05. The zero-order valence-electron chi connectivity index (χ0n) is 12.2. The number of carbonyl (C=O) groups excluding carboxylic acids is 1. The molecule has 4 nitrogen and oxygen atoms in total. The molecule has 0 bridgehead atoms. The first-order valence-corrected chi connectivity index (χ1v) is 6.72. The predicted molar refractivity (Wildman–Crippen MR) is 81.7 cm³/mol. The number of benzene rings is 2. The van der Waals surface area contributed by atoms with E-state index in [0.717, 1.165) is 29.6 Å². The molecule has 2 aromatic rings. The van der Waals surface area contributed by atoms with Crippen molar-refractivity contribution in [3.63, 3.8) is 0 Å². The third kappa shape index (κ3) is 4.84. The summed E-state index contributed by atoms with van der Waals surface area (Å²) in [5.74, 6) is -4.63. The number of nitrogens with one attached hydrogen (secondary N) is 2. The number of nitrogens with zero attached hydrogens (tertiary/aromatic N) is 1. The van der Waals surface area contributed by atoms with Crippen LogP contribution in [0.25, 0.3) is 0 Å². The van der Waals surface area contributed by atoms with Gasteiger partial charge in [0.2, 0.25) is 0 Å². The van der Waals surface area contributed by atoms with Gasteiger partial charge in [-0.2, -0.15) is 5.10 Å². The van der Waals surface area contributed by atoms with Gasteiger partial charge in [0.1, 0.15) is 0 Å². The van der Waals surface area contributed by atoms with Gasteiger partial charge in [-0.1, -0.05) is 17.7 Å². The summed E-state index contributed by atoms with van der Waals surface area (Å²) in [6.45, 7) is 1.93. The number of amides is 1. The van der Waals surface area contributed by atoms with Crippen molar-refractivity contribution in [1.29, 1.82) is 0 Å². The third-order valence-corrected chi connectivity index (χ3v) is 2.91. The van der Waals surface area contributed by atoms with Gasteiger partial charge in [-0.3, -0.25) is 4.79 Å². The van der Waals surface area contributed by atoms with Crippen molar-refractivity contribution in [3.8, 4) is 0 Å². The van der Waals surface area contributed by atoms with E-state index in [-0.39, 0.29) is 12.1 Å². The number of aryl methyl sites for hydroxylation is 1. The fourth-order valence-corrected chi connectivity index (χ4v) is 1.72.